The van der Waals surface area contributed by atoms with Gasteiger partial charge in [0.05, 0.1) is 0 Å². The van der Waals surface area contributed by atoms with Crippen molar-refractivity contribution in [1.82, 2.24) is 29.5 Å². The number of nitrogens with one attached hydrogen (secondary N) is 1. The number of hydrogen-bond acceptors (Lipinski definition) is 5. The highest BCUT2D eigenvalue weighted by Gasteiger charge is 2.50. The number of aryl methyl sites for hydroxylation is 1. The summed E-state index contributed by atoms with van der Waals surface area (Å²) in [5.74, 6) is 0.695. The molecule has 0 aromatic carbocycles. The number of nitrogens with zero attached hydrogens (tertiary/aromatic N) is 5. The van der Waals surface area contributed by atoms with E-state index >= 15 is 0 Å². The van der Waals surface area contributed by atoms with E-state index in [0.29, 0.717) is 25.4 Å². The summed E-state index contributed by atoms with van der Waals surface area (Å²) >= 11 is 0. The molecular weight excluding hydrogens is 348 g/mol. The second kappa shape index (κ2) is 6.78. The summed E-state index contributed by atoms with van der Waals surface area (Å²) in [7, 11) is 5.58. The summed E-state index contributed by atoms with van der Waals surface area (Å²) in [5.41, 5.74) is -0.384. The van der Waals surface area contributed by atoms with Crippen LogP contribution in [0.2, 0.25) is 0 Å². The third-order valence-electron chi connectivity index (χ3n) is 6.31. The number of rotatable bonds is 3. The van der Waals surface area contributed by atoms with E-state index in [2.05, 4.69) is 19.9 Å². The van der Waals surface area contributed by atoms with E-state index in [4.69, 9.17) is 0 Å². The van der Waals surface area contributed by atoms with Gasteiger partial charge in [-0.2, -0.15) is 0 Å². The molecule has 4 atom stereocenters. The number of likely N-dealkylation sites (N-methyl/N-ethyl adjacent to an activating group) is 1. The van der Waals surface area contributed by atoms with Gasteiger partial charge in [-0.1, -0.05) is 0 Å². The molecule has 0 radical (unpaired) electrons. The summed E-state index contributed by atoms with van der Waals surface area (Å²) < 4.78 is 1.15. The van der Waals surface area contributed by atoms with Crippen LogP contribution in [0.15, 0.2) is 4.79 Å². The molecule has 4 rings (SSSR count). The highest BCUT2D eigenvalue weighted by Crippen LogP contribution is 2.41. The van der Waals surface area contributed by atoms with Gasteiger partial charge >= 0.3 is 5.69 Å². The molecule has 0 spiro atoms. The summed E-state index contributed by atoms with van der Waals surface area (Å²) in [4.78, 5) is 45.9. The zero-order valence-corrected chi connectivity index (χ0v) is 16.2. The average molecular weight is 376 g/mol. The Hall–Kier alpha value is -2.16. The minimum absolute atomic E-state index is 0.100. The SMILES string of the molecule is CN(C)C[C@H]1[C@H]2C[C@H](CN(C(=O)c3nn(C)c(=O)[nH]3)C2)[C@@H]2CCCC(=O)N21. The lowest BCUT2D eigenvalue weighted by atomic mass is 9.72. The molecule has 3 fully saturated rings. The van der Waals surface area contributed by atoms with Crippen molar-refractivity contribution in [1.29, 1.82) is 0 Å². The van der Waals surface area contributed by atoms with Crippen molar-refractivity contribution in [3.63, 3.8) is 0 Å². The molecule has 9 nitrogen and oxygen atoms in total. The van der Waals surface area contributed by atoms with Gasteiger partial charge in [-0.25, -0.2) is 9.48 Å². The Labute approximate surface area is 158 Å². The van der Waals surface area contributed by atoms with Gasteiger partial charge in [0.2, 0.25) is 11.7 Å². The van der Waals surface area contributed by atoms with Crippen molar-refractivity contribution in [2.75, 3.05) is 33.7 Å². The largest absolute Gasteiger partial charge is 0.343 e. The summed E-state index contributed by atoms with van der Waals surface area (Å²) in [6.07, 6.45) is 3.63. The van der Waals surface area contributed by atoms with E-state index in [1.165, 1.54) is 7.05 Å². The van der Waals surface area contributed by atoms with Crippen LogP contribution in [-0.4, -0.2) is 87.1 Å². The van der Waals surface area contributed by atoms with E-state index in [9.17, 15) is 14.4 Å². The zero-order chi connectivity index (χ0) is 19.3. The van der Waals surface area contributed by atoms with E-state index in [0.717, 1.165) is 30.5 Å². The van der Waals surface area contributed by atoms with E-state index in [1.54, 1.807) is 0 Å². The van der Waals surface area contributed by atoms with Crippen molar-refractivity contribution in [3.8, 4) is 0 Å². The van der Waals surface area contributed by atoms with Gasteiger partial charge in [-0.3, -0.25) is 14.6 Å². The highest BCUT2D eigenvalue weighted by molar-refractivity contribution is 5.90. The monoisotopic (exact) mass is 376 g/mol. The fraction of sp³-hybridized carbons (Fsp3) is 0.778. The first-order valence-corrected chi connectivity index (χ1v) is 9.73. The van der Waals surface area contributed by atoms with Gasteiger partial charge in [0.1, 0.15) is 0 Å². The molecule has 148 valence electrons. The first-order valence-electron chi connectivity index (χ1n) is 9.73. The Morgan fingerprint density at radius 3 is 2.67 bits per heavy atom. The Kier molecular flexibility index (Phi) is 4.57. The highest BCUT2D eigenvalue weighted by atomic mass is 16.2. The number of piperidine rings is 3. The molecule has 1 N–H and O–H groups in total. The number of likely N-dealkylation sites (tertiary alicyclic amines) is 1. The topological polar surface area (TPSA) is 94.5 Å². The number of fused-ring (bicyclic) bond motifs is 4. The number of H-pyrrole nitrogens is 1. The molecule has 0 aliphatic carbocycles. The van der Waals surface area contributed by atoms with Gasteiger partial charge in [-0.05, 0) is 45.2 Å². The van der Waals surface area contributed by atoms with Crippen LogP contribution in [-0.2, 0) is 11.8 Å². The summed E-state index contributed by atoms with van der Waals surface area (Å²) in [5, 5.41) is 4.02. The molecule has 0 saturated carbocycles. The lowest BCUT2D eigenvalue weighted by Crippen LogP contribution is -2.67. The lowest BCUT2D eigenvalue weighted by Gasteiger charge is -2.57. The quantitative estimate of drug-likeness (QED) is 0.768. The van der Waals surface area contributed by atoms with E-state index in [1.807, 2.05) is 19.0 Å². The fourth-order valence-electron chi connectivity index (χ4n) is 5.20. The number of carbonyl (C=O) groups excluding carboxylic acids is 2. The first kappa shape index (κ1) is 18.2. The number of aromatic nitrogens is 3. The first-order chi connectivity index (χ1) is 12.8. The van der Waals surface area contributed by atoms with Gasteiger partial charge < -0.3 is 14.7 Å². The van der Waals surface area contributed by atoms with E-state index < -0.39 is 0 Å². The van der Waals surface area contributed by atoms with Crippen molar-refractivity contribution in [2.45, 2.75) is 37.8 Å². The Morgan fingerprint density at radius 1 is 1.26 bits per heavy atom. The Balaban J connectivity index is 1.61. The molecule has 4 heterocycles. The van der Waals surface area contributed by atoms with Crippen LogP contribution in [0.5, 0.6) is 0 Å². The molecule has 1 aromatic rings. The fourth-order valence-corrected chi connectivity index (χ4v) is 5.20. The van der Waals surface area contributed by atoms with Gasteiger partial charge in [0, 0.05) is 45.2 Å². The zero-order valence-electron chi connectivity index (χ0n) is 16.2. The van der Waals surface area contributed by atoms with Crippen molar-refractivity contribution in [2.24, 2.45) is 18.9 Å². The molecule has 2 bridgehead atoms. The normalized spacial score (nSPS) is 30.6. The molecule has 9 heteroatoms. The Morgan fingerprint density at radius 2 is 2.00 bits per heavy atom. The minimum Gasteiger partial charge on any atom is -0.335 e. The molecule has 1 aromatic heterocycles. The Bertz CT molecular complexity index is 799. The van der Waals surface area contributed by atoms with E-state index in [-0.39, 0.29) is 41.3 Å². The molecule has 3 saturated heterocycles. The predicted octanol–water partition coefficient (Wildman–Crippen LogP) is -0.488. The van der Waals surface area contributed by atoms with Gasteiger partial charge in [0.25, 0.3) is 5.91 Å². The minimum atomic E-state index is -0.384. The third-order valence-corrected chi connectivity index (χ3v) is 6.31. The maximum Gasteiger partial charge on any atom is 0.343 e. The van der Waals surface area contributed by atoms with Crippen LogP contribution in [0.1, 0.15) is 36.3 Å². The standard InChI is InChI=1S/C18H28N6O3/c1-21(2)10-14-12-7-11(13-5-4-6-15(25)24(13)14)8-23(9-12)17(26)16-19-18(27)22(3)20-16/h11-14H,4-10H2,1-3H3,(H,19,20,27)/t11-,12+,13+,14+/m1/s1. The predicted molar refractivity (Wildman–Crippen MR) is 98.2 cm³/mol. The summed E-state index contributed by atoms with van der Waals surface area (Å²) in [6, 6.07) is 0.346. The van der Waals surface area contributed by atoms with Crippen LogP contribution in [0, 0.1) is 11.8 Å². The second-order valence-electron chi connectivity index (χ2n) is 8.46. The number of amides is 2. The molecule has 2 amide bonds. The lowest BCUT2D eigenvalue weighted by molar-refractivity contribution is -0.152. The van der Waals surface area contributed by atoms with Crippen LogP contribution in [0.3, 0.4) is 0 Å². The molecule has 3 aliphatic rings. The second-order valence-corrected chi connectivity index (χ2v) is 8.46. The van der Waals surface area contributed by atoms with Crippen molar-refractivity contribution in [3.05, 3.63) is 16.3 Å². The smallest absolute Gasteiger partial charge is 0.335 e. The van der Waals surface area contributed by atoms with Crippen LogP contribution in [0.25, 0.3) is 0 Å². The van der Waals surface area contributed by atoms with Crippen LogP contribution >= 0.6 is 0 Å². The van der Waals surface area contributed by atoms with Gasteiger partial charge in [0.15, 0.2) is 0 Å². The van der Waals surface area contributed by atoms with Crippen LogP contribution in [0.4, 0.5) is 0 Å². The molecular formula is C18H28N6O3. The molecule has 27 heavy (non-hydrogen) atoms. The number of carbonyl (C=O) groups is 2. The molecule has 0 unspecified atom stereocenters. The number of aromatic amines is 1. The summed E-state index contributed by atoms with van der Waals surface area (Å²) in [6.45, 7) is 2.03. The maximum absolute atomic E-state index is 12.9. The van der Waals surface area contributed by atoms with Crippen molar-refractivity contribution >= 4 is 11.8 Å². The van der Waals surface area contributed by atoms with Crippen molar-refractivity contribution < 1.29 is 9.59 Å². The maximum atomic E-state index is 12.9. The molecule has 3 aliphatic heterocycles. The number of hydrogen-bond donors (Lipinski definition) is 1. The third kappa shape index (κ3) is 3.18. The van der Waals surface area contributed by atoms with Crippen LogP contribution < -0.4 is 5.69 Å². The van der Waals surface area contributed by atoms with Gasteiger partial charge in [-0.15, -0.1) is 5.10 Å². The average Bonchev–Trinajstić information content (AvgIpc) is 2.96.